The first-order chi connectivity index (χ1) is 4.34. The lowest BCUT2D eigenvalue weighted by atomic mass is 10.2. The van der Waals surface area contributed by atoms with Gasteiger partial charge in [-0.3, -0.25) is 4.84 Å². The van der Waals surface area contributed by atoms with Crippen molar-refractivity contribution in [3.8, 4) is 0 Å². The fraction of sp³-hybridized carbons (Fsp3) is 0.143. The molecule has 0 atom stereocenters. The number of anilines is 1. The smallest absolute Gasteiger partial charge is 0.0520 e. The van der Waals surface area contributed by atoms with E-state index in [1.165, 1.54) is 0 Å². The number of para-hydroxylation sites is 1. The molecule has 4 N–H and O–H groups in total. The first-order valence-corrected chi connectivity index (χ1v) is 3.14. The van der Waals surface area contributed by atoms with E-state index >= 15 is 0 Å². The van der Waals surface area contributed by atoms with E-state index < -0.39 is 0 Å². The van der Waals surface area contributed by atoms with Gasteiger partial charge in [-0.15, -0.1) is 0 Å². The molecule has 0 spiro atoms. The Morgan fingerprint density at radius 3 is 2.30 bits per heavy atom. The van der Waals surface area contributed by atoms with Crippen LogP contribution in [0.5, 0.6) is 0 Å². The molecule has 0 saturated heterocycles. The minimum absolute atomic E-state index is 0. The normalized spacial score (nSPS) is 8.20. The van der Waals surface area contributed by atoms with E-state index in [-0.39, 0.29) is 6.15 Å². The van der Waals surface area contributed by atoms with Crippen molar-refractivity contribution in [2.24, 2.45) is 0 Å². The SMILES string of the molecule is Cc1ccccc1NCl.N. The Morgan fingerprint density at radius 1 is 1.30 bits per heavy atom. The molecule has 0 saturated carbocycles. The Morgan fingerprint density at radius 2 is 1.90 bits per heavy atom. The summed E-state index contributed by atoms with van der Waals surface area (Å²) in [7, 11) is 0. The molecule has 0 aliphatic heterocycles. The third-order valence-corrected chi connectivity index (χ3v) is 1.45. The molecule has 1 rings (SSSR count). The monoisotopic (exact) mass is 158 g/mol. The highest BCUT2D eigenvalue weighted by Crippen LogP contribution is 2.12. The van der Waals surface area contributed by atoms with Gasteiger partial charge in [0.05, 0.1) is 5.69 Å². The predicted octanol–water partition coefficient (Wildman–Crippen LogP) is 2.72. The van der Waals surface area contributed by atoms with Gasteiger partial charge in [-0.2, -0.15) is 0 Å². The Kier molecular flexibility index (Phi) is 3.84. The van der Waals surface area contributed by atoms with Crippen LogP contribution in [0.4, 0.5) is 5.69 Å². The van der Waals surface area contributed by atoms with E-state index in [2.05, 4.69) is 4.84 Å². The molecule has 2 nitrogen and oxygen atoms in total. The quantitative estimate of drug-likeness (QED) is 0.618. The topological polar surface area (TPSA) is 47.0 Å². The summed E-state index contributed by atoms with van der Waals surface area (Å²) < 4.78 is 0. The zero-order valence-corrected chi connectivity index (χ0v) is 6.65. The molecule has 1 aromatic carbocycles. The van der Waals surface area contributed by atoms with Crippen LogP contribution in [0, 0.1) is 6.92 Å². The van der Waals surface area contributed by atoms with Crippen LogP contribution in [0.1, 0.15) is 5.56 Å². The number of hydrogen-bond acceptors (Lipinski definition) is 2. The maximum absolute atomic E-state index is 5.38. The Labute approximate surface area is 65.9 Å². The highest BCUT2D eigenvalue weighted by molar-refractivity contribution is 6.24. The summed E-state index contributed by atoms with van der Waals surface area (Å²) in [4.78, 5) is 2.57. The van der Waals surface area contributed by atoms with Crippen molar-refractivity contribution >= 4 is 17.5 Å². The third-order valence-electron chi connectivity index (χ3n) is 1.25. The maximum atomic E-state index is 5.38. The summed E-state index contributed by atoms with van der Waals surface area (Å²) in [5.74, 6) is 0. The molecule has 0 radical (unpaired) electrons. The average Bonchev–Trinajstić information content (AvgIpc) is 1.89. The number of rotatable bonds is 1. The van der Waals surface area contributed by atoms with Gasteiger partial charge in [-0.05, 0) is 18.6 Å². The summed E-state index contributed by atoms with van der Waals surface area (Å²) in [5.41, 5.74) is 2.13. The zero-order valence-electron chi connectivity index (χ0n) is 5.89. The van der Waals surface area contributed by atoms with Gasteiger partial charge in [0.1, 0.15) is 0 Å². The van der Waals surface area contributed by atoms with Gasteiger partial charge >= 0.3 is 0 Å². The van der Waals surface area contributed by atoms with Crippen molar-refractivity contribution in [1.82, 2.24) is 6.15 Å². The van der Waals surface area contributed by atoms with Crippen LogP contribution in [-0.2, 0) is 0 Å². The van der Waals surface area contributed by atoms with Gasteiger partial charge in [0.2, 0.25) is 0 Å². The van der Waals surface area contributed by atoms with Crippen molar-refractivity contribution in [1.29, 1.82) is 0 Å². The molecular formula is C7H11ClN2. The number of benzene rings is 1. The van der Waals surface area contributed by atoms with Crippen molar-refractivity contribution in [3.63, 3.8) is 0 Å². The molecule has 3 heteroatoms. The van der Waals surface area contributed by atoms with Crippen molar-refractivity contribution < 1.29 is 0 Å². The lowest BCUT2D eigenvalue weighted by Crippen LogP contribution is -1.82. The summed E-state index contributed by atoms with van der Waals surface area (Å²) in [6.07, 6.45) is 0. The summed E-state index contributed by atoms with van der Waals surface area (Å²) >= 11 is 5.38. The van der Waals surface area contributed by atoms with Gasteiger partial charge in [-0.1, -0.05) is 18.2 Å². The molecule has 0 bridgehead atoms. The van der Waals surface area contributed by atoms with Crippen molar-refractivity contribution in [2.75, 3.05) is 4.84 Å². The van der Waals surface area contributed by atoms with E-state index in [1.807, 2.05) is 31.2 Å². The summed E-state index contributed by atoms with van der Waals surface area (Å²) in [5, 5.41) is 0. The first kappa shape index (κ1) is 9.27. The van der Waals surface area contributed by atoms with Crippen LogP contribution in [0.2, 0.25) is 0 Å². The Hall–Kier alpha value is -0.730. The lowest BCUT2D eigenvalue weighted by Gasteiger charge is -1.99. The summed E-state index contributed by atoms with van der Waals surface area (Å²) in [6.45, 7) is 2.00. The number of hydrogen-bond donors (Lipinski definition) is 2. The maximum Gasteiger partial charge on any atom is 0.0520 e. The van der Waals surface area contributed by atoms with Crippen LogP contribution >= 0.6 is 11.8 Å². The van der Waals surface area contributed by atoms with Gasteiger partial charge in [0.15, 0.2) is 0 Å². The molecule has 0 fully saturated rings. The second-order valence-electron chi connectivity index (χ2n) is 1.91. The van der Waals surface area contributed by atoms with E-state index in [1.54, 1.807) is 0 Å². The van der Waals surface area contributed by atoms with Crippen LogP contribution in [0.25, 0.3) is 0 Å². The number of halogens is 1. The Balaban J connectivity index is 0.000000810. The molecule has 0 heterocycles. The molecule has 0 aliphatic rings. The van der Waals surface area contributed by atoms with Crippen LogP contribution < -0.4 is 11.0 Å². The van der Waals surface area contributed by atoms with Crippen LogP contribution in [-0.4, -0.2) is 0 Å². The molecule has 0 amide bonds. The fourth-order valence-electron chi connectivity index (χ4n) is 0.679. The molecule has 1 aromatic rings. The fourth-order valence-corrected chi connectivity index (χ4v) is 0.891. The number of nitrogens with one attached hydrogen (secondary N) is 1. The van der Waals surface area contributed by atoms with Gasteiger partial charge in [0, 0.05) is 11.8 Å². The molecule has 56 valence electrons. The van der Waals surface area contributed by atoms with Crippen molar-refractivity contribution in [3.05, 3.63) is 29.8 Å². The van der Waals surface area contributed by atoms with Crippen molar-refractivity contribution in [2.45, 2.75) is 6.92 Å². The highest BCUT2D eigenvalue weighted by Gasteiger charge is 1.89. The van der Waals surface area contributed by atoms with Gasteiger partial charge < -0.3 is 6.15 Å². The largest absolute Gasteiger partial charge is 0.344 e. The lowest BCUT2D eigenvalue weighted by molar-refractivity contribution is 1.47. The highest BCUT2D eigenvalue weighted by atomic mass is 35.5. The van der Waals surface area contributed by atoms with Crippen LogP contribution in [0.3, 0.4) is 0 Å². The minimum Gasteiger partial charge on any atom is -0.344 e. The number of aryl methyl sites for hydroxylation is 1. The molecular weight excluding hydrogens is 148 g/mol. The summed E-state index contributed by atoms with van der Waals surface area (Å²) in [6, 6.07) is 7.86. The molecule has 0 aromatic heterocycles. The predicted molar refractivity (Wildman–Crippen MR) is 45.7 cm³/mol. The zero-order chi connectivity index (χ0) is 6.69. The minimum atomic E-state index is 0. The standard InChI is InChI=1S/C7H8ClN.H3N/c1-6-4-2-3-5-7(6)9-8;/h2-5,9H,1H3;1H3. The van der Waals surface area contributed by atoms with Crippen LogP contribution in [0.15, 0.2) is 24.3 Å². The second-order valence-corrected chi connectivity index (χ2v) is 2.10. The molecule has 0 unspecified atom stereocenters. The first-order valence-electron chi connectivity index (χ1n) is 2.77. The second kappa shape index (κ2) is 4.14. The molecule has 0 aliphatic carbocycles. The molecule has 10 heavy (non-hydrogen) atoms. The Bertz CT molecular complexity index is 201. The average molecular weight is 159 g/mol. The van der Waals surface area contributed by atoms with E-state index in [0.717, 1.165) is 11.3 Å². The van der Waals surface area contributed by atoms with Gasteiger partial charge in [-0.25, -0.2) is 0 Å². The van der Waals surface area contributed by atoms with E-state index in [4.69, 9.17) is 11.8 Å². The van der Waals surface area contributed by atoms with E-state index in [0.29, 0.717) is 0 Å². The van der Waals surface area contributed by atoms with E-state index in [9.17, 15) is 0 Å². The van der Waals surface area contributed by atoms with Gasteiger partial charge in [0.25, 0.3) is 0 Å². The third kappa shape index (κ3) is 1.90.